The summed E-state index contributed by atoms with van der Waals surface area (Å²) in [6.07, 6.45) is 1.40. The zero-order chi connectivity index (χ0) is 18.3. The molecule has 6 heteroatoms. The Balaban J connectivity index is 1.31. The summed E-state index contributed by atoms with van der Waals surface area (Å²) >= 11 is 3.13. The molecule has 0 aromatic heterocycles. The Morgan fingerprint density at radius 2 is 1.23 bits per heavy atom. The standard InChI is InChI=1S/C20H20N2O2S2/c1-11-3-5-13-9-17(25-15(13)7-11)19(23)21-22-20(24)18-10-14-6-4-12(2)8-16(14)26-18/h3-8,17-18H,9-10H2,1-2H3,(H,21,23)(H,22,24). The molecule has 26 heavy (non-hydrogen) atoms. The van der Waals surface area contributed by atoms with Crippen molar-refractivity contribution in [2.75, 3.05) is 0 Å². The summed E-state index contributed by atoms with van der Waals surface area (Å²) in [5.41, 5.74) is 10.0. The second-order valence-corrected chi connectivity index (χ2v) is 9.31. The van der Waals surface area contributed by atoms with Gasteiger partial charge in [-0.15, -0.1) is 23.5 Å². The van der Waals surface area contributed by atoms with E-state index in [9.17, 15) is 9.59 Å². The predicted octanol–water partition coefficient (Wildman–Crippen LogP) is 3.18. The first-order chi connectivity index (χ1) is 12.5. The molecule has 4 nitrogen and oxygen atoms in total. The first kappa shape index (κ1) is 17.5. The highest BCUT2D eigenvalue weighted by molar-refractivity contribution is 8.01. The van der Waals surface area contributed by atoms with E-state index in [0.717, 1.165) is 9.79 Å². The number of nitrogens with one attached hydrogen (secondary N) is 2. The lowest BCUT2D eigenvalue weighted by Gasteiger charge is -2.13. The minimum Gasteiger partial charge on any atom is -0.272 e. The summed E-state index contributed by atoms with van der Waals surface area (Å²) in [4.78, 5) is 27.2. The number of aryl methyl sites for hydroxylation is 2. The Hall–Kier alpha value is -1.92. The molecule has 0 radical (unpaired) electrons. The second-order valence-electron chi connectivity index (χ2n) is 6.82. The van der Waals surface area contributed by atoms with Crippen LogP contribution in [0.4, 0.5) is 0 Å². The molecule has 4 rings (SSSR count). The number of hydrogen-bond acceptors (Lipinski definition) is 4. The molecule has 0 spiro atoms. The van der Waals surface area contributed by atoms with Crippen LogP contribution in [0.5, 0.6) is 0 Å². The highest BCUT2D eigenvalue weighted by atomic mass is 32.2. The van der Waals surface area contributed by atoms with E-state index in [4.69, 9.17) is 0 Å². The van der Waals surface area contributed by atoms with Crippen LogP contribution in [0.25, 0.3) is 0 Å². The fourth-order valence-electron chi connectivity index (χ4n) is 3.25. The molecule has 2 heterocycles. The summed E-state index contributed by atoms with van der Waals surface area (Å²) in [5, 5.41) is -0.383. The van der Waals surface area contributed by atoms with Gasteiger partial charge in [0.1, 0.15) is 0 Å². The van der Waals surface area contributed by atoms with Crippen molar-refractivity contribution in [2.45, 2.75) is 47.0 Å². The van der Waals surface area contributed by atoms with E-state index >= 15 is 0 Å². The smallest absolute Gasteiger partial charge is 0.252 e. The van der Waals surface area contributed by atoms with Crippen LogP contribution in [0.15, 0.2) is 46.2 Å². The van der Waals surface area contributed by atoms with E-state index in [0.29, 0.717) is 12.8 Å². The van der Waals surface area contributed by atoms with Crippen LogP contribution in [0.2, 0.25) is 0 Å². The van der Waals surface area contributed by atoms with Crippen LogP contribution < -0.4 is 10.9 Å². The van der Waals surface area contributed by atoms with E-state index < -0.39 is 0 Å². The molecule has 2 N–H and O–H groups in total. The third kappa shape index (κ3) is 3.48. The van der Waals surface area contributed by atoms with Crippen LogP contribution in [0.3, 0.4) is 0 Å². The van der Waals surface area contributed by atoms with Gasteiger partial charge in [0, 0.05) is 9.79 Å². The highest BCUT2D eigenvalue weighted by Crippen LogP contribution is 2.38. The first-order valence-electron chi connectivity index (χ1n) is 8.61. The maximum Gasteiger partial charge on any atom is 0.252 e. The number of rotatable bonds is 2. The number of hydrogen-bond donors (Lipinski definition) is 2. The highest BCUT2D eigenvalue weighted by Gasteiger charge is 2.31. The average molecular weight is 385 g/mol. The van der Waals surface area contributed by atoms with Crippen LogP contribution >= 0.6 is 23.5 Å². The maximum absolute atomic E-state index is 12.4. The third-order valence-electron chi connectivity index (χ3n) is 4.69. The van der Waals surface area contributed by atoms with Gasteiger partial charge in [0.15, 0.2) is 0 Å². The zero-order valence-electron chi connectivity index (χ0n) is 14.7. The van der Waals surface area contributed by atoms with E-state index in [1.165, 1.54) is 22.3 Å². The monoisotopic (exact) mass is 384 g/mol. The van der Waals surface area contributed by atoms with Gasteiger partial charge in [-0.3, -0.25) is 20.4 Å². The molecule has 2 unspecified atom stereocenters. The first-order valence-corrected chi connectivity index (χ1v) is 10.4. The SMILES string of the molecule is Cc1ccc2c(c1)SC(C(=O)NNC(=O)C1Cc3ccc(C)cc3S1)C2. The zero-order valence-corrected chi connectivity index (χ0v) is 16.3. The van der Waals surface area contributed by atoms with Crippen molar-refractivity contribution in [3.8, 4) is 0 Å². The molecule has 2 atom stereocenters. The van der Waals surface area contributed by atoms with Gasteiger partial charge in [0.2, 0.25) is 0 Å². The fraction of sp³-hybridized carbons (Fsp3) is 0.300. The molecule has 2 aromatic rings. The van der Waals surface area contributed by atoms with Crippen LogP contribution in [-0.4, -0.2) is 22.3 Å². The van der Waals surface area contributed by atoms with Gasteiger partial charge in [0.05, 0.1) is 10.5 Å². The number of carbonyl (C=O) groups excluding carboxylic acids is 2. The van der Waals surface area contributed by atoms with Crippen molar-refractivity contribution < 1.29 is 9.59 Å². The number of benzene rings is 2. The molecule has 2 amide bonds. The molecule has 0 saturated carbocycles. The van der Waals surface area contributed by atoms with Crippen molar-refractivity contribution >= 4 is 35.3 Å². The van der Waals surface area contributed by atoms with Gasteiger partial charge in [0.25, 0.3) is 11.8 Å². The van der Waals surface area contributed by atoms with Crippen molar-refractivity contribution in [2.24, 2.45) is 0 Å². The Kier molecular flexibility index (Phi) is 4.71. The van der Waals surface area contributed by atoms with E-state index in [2.05, 4.69) is 47.2 Å². The lowest BCUT2D eigenvalue weighted by atomic mass is 10.1. The minimum absolute atomic E-state index is 0.145. The molecule has 0 saturated heterocycles. The molecular formula is C20H20N2O2S2. The van der Waals surface area contributed by atoms with Crippen molar-refractivity contribution in [1.82, 2.24) is 10.9 Å². The molecule has 2 aliphatic heterocycles. The number of carbonyl (C=O) groups is 2. The van der Waals surface area contributed by atoms with E-state index in [-0.39, 0.29) is 22.3 Å². The molecule has 2 aromatic carbocycles. The molecule has 2 aliphatic rings. The Bertz CT molecular complexity index is 824. The summed E-state index contributed by atoms with van der Waals surface area (Å²) in [6.45, 7) is 4.10. The van der Waals surface area contributed by atoms with Crippen LogP contribution in [0, 0.1) is 13.8 Å². The third-order valence-corrected chi connectivity index (χ3v) is 7.29. The molecule has 0 bridgehead atoms. The number of amides is 2. The van der Waals surface area contributed by atoms with Crippen LogP contribution in [0.1, 0.15) is 22.3 Å². The quantitative estimate of drug-likeness (QED) is 0.781. The maximum atomic E-state index is 12.4. The number of hydrazine groups is 1. The lowest BCUT2D eigenvalue weighted by Crippen LogP contribution is -2.48. The van der Waals surface area contributed by atoms with Gasteiger partial charge in [-0.05, 0) is 49.9 Å². The van der Waals surface area contributed by atoms with Gasteiger partial charge >= 0.3 is 0 Å². The number of thioether (sulfide) groups is 2. The number of fused-ring (bicyclic) bond motifs is 2. The Labute approximate surface area is 161 Å². The van der Waals surface area contributed by atoms with Gasteiger partial charge in [-0.1, -0.05) is 35.4 Å². The minimum atomic E-state index is -0.192. The van der Waals surface area contributed by atoms with Gasteiger partial charge < -0.3 is 0 Å². The Morgan fingerprint density at radius 1 is 0.808 bits per heavy atom. The summed E-state index contributed by atoms with van der Waals surface area (Å²) in [7, 11) is 0. The second kappa shape index (κ2) is 7.00. The lowest BCUT2D eigenvalue weighted by molar-refractivity contribution is -0.128. The summed E-state index contributed by atoms with van der Waals surface area (Å²) < 4.78 is 0. The van der Waals surface area contributed by atoms with Gasteiger partial charge in [-0.25, -0.2) is 0 Å². The predicted molar refractivity (Wildman–Crippen MR) is 105 cm³/mol. The van der Waals surface area contributed by atoms with E-state index in [1.807, 2.05) is 13.8 Å². The fourth-order valence-corrected chi connectivity index (χ4v) is 5.83. The Morgan fingerprint density at radius 3 is 1.65 bits per heavy atom. The average Bonchev–Trinajstić information content (AvgIpc) is 3.22. The molecule has 0 fully saturated rings. The molecule has 0 aliphatic carbocycles. The largest absolute Gasteiger partial charge is 0.272 e. The van der Waals surface area contributed by atoms with Crippen LogP contribution in [-0.2, 0) is 22.4 Å². The molecule has 134 valence electrons. The summed E-state index contributed by atoms with van der Waals surface area (Å²) in [5.74, 6) is -0.290. The normalized spacial score (nSPS) is 20.4. The molecular weight excluding hydrogens is 364 g/mol. The van der Waals surface area contributed by atoms with Gasteiger partial charge in [-0.2, -0.15) is 0 Å². The van der Waals surface area contributed by atoms with Crippen molar-refractivity contribution in [3.63, 3.8) is 0 Å². The summed E-state index contributed by atoms with van der Waals surface area (Å²) in [6, 6.07) is 12.5. The van der Waals surface area contributed by atoms with Crippen molar-refractivity contribution in [3.05, 3.63) is 58.7 Å². The van der Waals surface area contributed by atoms with Crippen molar-refractivity contribution in [1.29, 1.82) is 0 Å². The van der Waals surface area contributed by atoms with E-state index in [1.54, 1.807) is 23.5 Å². The topological polar surface area (TPSA) is 58.2 Å².